The monoisotopic (exact) mass is 440 g/mol. The van der Waals surface area contributed by atoms with Crippen LogP contribution in [0.15, 0.2) is 41.2 Å². The van der Waals surface area contributed by atoms with Crippen molar-refractivity contribution >= 4 is 43.9 Å². The summed E-state index contributed by atoms with van der Waals surface area (Å²) in [5.74, 6) is -0.417. The molecule has 0 saturated carbocycles. The summed E-state index contributed by atoms with van der Waals surface area (Å²) in [4.78, 5) is 26.7. The van der Waals surface area contributed by atoms with Gasteiger partial charge in [0, 0.05) is 11.5 Å². The molecule has 1 N–H and O–H groups in total. The van der Waals surface area contributed by atoms with Crippen LogP contribution in [0.4, 0.5) is 5.13 Å². The number of benzene rings is 1. The molecule has 4 heterocycles. The smallest absolute Gasteiger partial charge is 0.279 e. The van der Waals surface area contributed by atoms with Gasteiger partial charge in [-0.15, -0.1) is 26.6 Å². The lowest BCUT2D eigenvalue weighted by Crippen LogP contribution is -2.30. The molecule has 11 heteroatoms. The van der Waals surface area contributed by atoms with Crippen molar-refractivity contribution in [3.8, 4) is 10.4 Å². The van der Waals surface area contributed by atoms with Crippen molar-refractivity contribution in [2.45, 2.75) is 25.5 Å². The highest BCUT2D eigenvalue weighted by atomic mass is 32.1. The summed E-state index contributed by atoms with van der Waals surface area (Å²) in [5.41, 5.74) is 0.647. The highest BCUT2D eigenvalue weighted by Crippen LogP contribution is 2.32. The van der Waals surface area contributed by atoms with Gasteiger partial charge in [-0.25, -0.2) is 4.68 Å². The average molecular weight is 441 g/mol. The Morgan fingerprint density at radius 1 is 1.20 bits per heavy atom. The van der Waals surface area contributed by atoms with Crippen LogP contribution in [0.2, 0.25) is 0 Å². The van der Waals surface area contributed by atoms with E-state index in [9.17, 15) is 9.59 Å². The van der Waals surface area contributed by atoms with Crippen LogP contribution in [0.5, 0.6) is 0 Å². The van der Waals surface area contributed by atoms with Crippen molar-refractivity contribution in [3.05, 3.63) is 51.8 Å². The zero-order chi connectivity index (χ0) is 20.5. The number of ether oxygens (including phenoxy) is 1. The number of thiophene rings is 1. The molecule has 3 aromatic heterocycles. The molecule has 0 radical (unpaired) electrons. The Kier molecular flexibility index (Phi) is 5.07. The number of nitrogens with zero attached hydrogens (tertiary/aromatic N) is 5. The second-order valence-electron chi connectivity index (χ2n) is 6.74. The van der Waals surface area contributed by atoms with Gasteiger partial charge in [0.15, 0.2) is 4.83 Å². The van der Waals surface area contributed by atoms with E-state index < -0.39 is 5.91 Å². The zero-order valence-corrected chi connectivity index (χ0v) is 17.3. The van der Waals surface area contributed by atoms with Gasteiger partial charge in [0.25, 0.3) is 5.56 Å². The second-order valence-corrected chi connectivity index (χ2v) is 8.78. The van der Waals surface area contributed by atoms with Crippen LogP contribution in [0.3, 0.4) is 0 Å². The first-order valence-electron chi connectivity index (χ1n) is 9.35. The minimum absolute atomic E-state index is 0.0542. The number of carbonyl (C=O) groups is 1. The number of fused-ring (bicyclic) bond motifs is 1. The predicted octanol–water partition coefficient (Wildman–Crippen LogP) is 2.86. The molecule has 1 fully saturated rings. The molecule has 1 aliphatic heterocycles. The van der Waals surface area contributed by atoms with Gasteiger partial charge in [-0.2, -0.15) is 0 Å². The minimum atomic E-state index is -0.417. The Balaban J connectivity index is 1.33. The zero-order valence-electron chi connectivity index (χ0n) is 15.6. The van der Waals surface area contributed by atoms with E-state index in [2.05, 4.69) is 25.8 Å². The number of carbonyl (C=O) groups excluding carboxylic acids is 1. The number of nitrogens with one attached hydrogen (secondary N) is 1. The molecule has 0 bridgehead atoms. The third-order valence-electron chi connectivity index (χ3n) is 4.66. The van der Waals surface area contributed by atoms with Gasteiger partial charge in [0.1, 0.15) is 17.7 Å². The van der Waals surface area contributed by atoms with Gasteiger partial charge in [-0.3, -0.25) is 14.9 Å². The second kappa shape index (κ2) is 8.01. The molecule has 1 aliphatic rings. The molecule has 5 rings (SSSR count). The number of anilines is 1. The molecular formula is C19H16N6O3S2. The molecule has 1 unspecified atom stereocenters. The molecule has 1 aromatic carbocycles. The predicted molar refractivity (Wildman–Crippen MR) is 114 cm³/mol. The van der Waals surface area contributed by atoms with Crippen LogP contribution in [-0.2, 0) is 16.1 Å². The van der Waals surface area contributed by atoms with Gasteiger partial charge < -0.3 is 4.74 Å². The highest BCUT2D eigenvalue weighted by Gasteiger charge is 2.22. The van der Waals surface area contributed by atoms with Crippen LogP contribution < -0.4 is 10.9 Å². The Bertz CT molecular complexity index is 1260. The Hall–Kier alpha value is -3.02. The highest BCUT2D eigenvalue weighted by molar-refractivity contribution is 7.21. The summed E-state index contributed by atoms with van der Waals surface area (Å²) in [7, 11) is 0. The largest absolute Gasteiger partial charge is 0.371 e. The number of rotatable bonds is 5. The molecule has 0 aliphatic carbocycles. The van der Waals surface area contributed by atoms with Crippen molar-refractivity contribution in [2.24, 2.45) is 0 Å². The molecule has 0 spiro atoms. The van der Waals surface area contributed by atoms with Gasteiger partial charge in [0.05, 0.1) is 5.39 Å². The number of aromatic nitrogens is 5. The van der Waals surface area contributed by atoms with E-state index >= 15 is 0 Å². The van der Waals surface area contributed by atoms with Crippen LogP contribution >= 0.6 is 22.7 Å². The van der Waals surface area contributed by atoms with E-state index in [0.717, 1.165) is 33.0 Å². The van der Waals surface area contributed by atoms with Gasteiger partial charge in [-0.05, 0) is 24.5 Å². The van der Waals surface area contributed by atoms with E-state index in [1.54, 1.807) is 6.07 Å². The first-order chi connectivity index (χ1) is 14.7. The third kappa shape index (κ3) is 3.74. The fraction of sp³-hybridized carbons (Fsp3) is 0.263. The summed E-state index contributed by atoms with van der Waals surface area (Å²) in [6.07, 6.45) is 1.84. The van der Waals surface area contributed by atoms with Crippen molar-refractivity contribution in [2.75, 3.05) is 11.9 Å². The van der Waals surface area contributed by atoms with Gasteiger partial charge >= 0.3 is 0 Å². The molecule has 1 amide bonds. The van der Waals surface area contributed by atoms with Gasteiger partial charge in [-0.1, -0.05) is 46.9 Å². The first-order valence-corrected chi connectivity index (χ1v) is 11.0. The lowest BCUT2D eigenvalue weighted by atomic mass is 10.2. The van der Waals surface area contributed by atoms with E-state index in [0.29, 0.717) is 22.0 Å². The van der Waals surface area contributed by atoms with Crippen LogP contribution in [0, 0.1) is 0 Å². The summed E-state index contributed by atoms with van der Waals surface area (Å²) in [6, 6.07) is 11.5. The number of hydrogen-bond donors (Lipinski definition) is 1. The fourth-order valence-electron chi connectivity index (χ4n) is 3.21. The van der Waals surface area contributed by atoms with E-state index in [1.165, 1.54) is 22.7 Å². The van der Waals surface area contributed by atoms with E-state index in [1.807, 2.05) is 30.3 Å². The standard InChI is InChI=1S/C19H16N6O3S2/c26-15(20-19-23-21-17(30-19)13-7-4-8-28-13)10-25-18(27)12-9-14(29-16(12)22-24-25)11-5-2-1-3-6-11/h1-3,5-6,9,13H,4,7-8,10H2,(H,20,23,26). The van der Waals surface area contributed by atoms with Crippen LogP contribution in [0.1, 0.15) is 24.0 Å². The van der Waals surface area contributed by atoms with Crippen LogP contribution in [0.25, 0.3) is 20.7 Å². The van der Waals surface area contributed by atoms with Gasteiger partial charge in [0.2, 0.25) is 11.0 Å². The number of hydrogen-bond acceptors (Lipinski definition) is 9. The summed E-state index contributed by atoms with van der Waals surface area (Å²) in [6.45, 7) is 0.456. The minimum Gasteiger partial charge on any atom is -0.371 e. The van der Waals surface area contributed by atoms with Crippen LogP contribution in [-0.4, -0.2) is 37.7 Å². The lowest BCUT2D eigenvalue weighted by Gasteiger charge is -2.03. The Labute approximate surface area is 178 Å². The average Bonchev–Trinajstić information content (AvgIpc) is 3.51. The van der Waals surface area contributed by atoms with Crippen molar-refractivity contribution < 1.29 is 9.53 Å². The fourth-order valence-corrected chi connectivity index (χ4v) is 5.03. The molecule has 30 heavy (non-hydrogen) atoms. The molecular weight excluding hydrogens is 424 g/mol. The summed E-state index contributed by atoms with van der Waals surface area (Å²) >= 11 is 2.67. The number of amides is 1. The maximum Gasteiger partial charge on any atom is 0.279 e. The van der Waals surface area contributed by atoms with Crippen molar-refractivity contribution in [1.29, 1.82) is 0 Å². The quantitative estimate of drug-likeness (QED) is 0.508. The Morgan fingerprint density at radius 2 is 2.07 bits per heavy atom. The normalized spacial score (nSPS) is 16.2. The topological polar surface area (TPSA) is 112 Å². The maximum absolute atomic E-state index is 12.8. The summed E-state index contributed by atoms with van der Waals surface area (Å²) in [5, 5.41) is 20.3. The molecule has 4 aromatic rings. The van der Waals surface area contributed by atoms with Crippen molar-refractivity contribution in [3.63, 3.8) is 0 Å². The van der Waals surface area contributed by atoms with E-state index in [4.69, 9.17) is 4.74 Å². The first kappa shape index (κ1) is 19.0. The Morgan fingerprint density at radius 3 is 2.87 bits per heavy atom. The molecule has 152 valence electrons. The maximum atomic E-state index is 12.8. The molecule has 1 saturated heterocycles. The lowest BCUT2D eigenvalue weighted by molar-refractivity contribution is -0.117. The third-order valence-corrected chi connectivity index (χ3v) is 6.66. The SMILES string of the molecule is O=C(Cn1nnc2sc(-c3ccccc3)cc2c1=O)Nc1nnc(C2CCCO2)s1. The molecule has 9 nitrogen and oxygen atoms in total. The molecule has 1 atom stereocenters. The van der Waals surface area contributed by atoms with Crippen molar-refractivity contribution in [1.82, 2.24) is 25.2 Å². The summed E-state index contributed by atoms with van der Waals surface area (Å²) < 4.78 is 6.63. The van der Waals surface area contributed by atoms with E-state index in [-0.39, 0.29) is 18.2 Å².